The zero-order valence-electron chi connectivity index (χ0n) is 14.7. The monoisotopic (exact) mass is 353 g/mol. The molecule has 3 rings (SSSR count). The number of rotatable bonds is 7. The fourth-order valence-electron chi connectivity index (χ4n) is 3.17. The normalized spacial score (nSPS) is 14.3. The van der Waals surface area contributed by atoms with E-state index in [0.717, 1.165) is 24.2 Å². The molecule has 1 amide bonds. The number of nitro groups is 1. The largest absolute Gasteiger partial charge is 0.326 e. The lowest BCUT2D eigenvalue weighted by molar-refractivity contribution is -0.384. The van der Waals surface area contributed by atoms with E-state index in [2.05, 4.69) is 22.3 Å². The molecule has 0 radical (unpaired) electrons. The van der Waals surface area contributed by atoms with E-state index >= 15 is 0 Å². The van der Waals surface area contributed by atoms with E-state index in [4.69, 9.17) is 0 Å². The zero-order chi connectivity index (χ0) is 18.4. The van der Waals surface area contributed by atoms with Crippen molar-refractivity contribution in [2.75, 3.05) is 25.0 Å². The number of nitro benzene ring substituents is 1. The minimum absolute atomic E-state index is 0.0266. The first-order valence-corrected chi connectivity index (χ1v) is 8.94. The summed E-state index contributed by atoms with van der Waals surface area (Å²) in [7, 11) is 0. The van der Waals surface area contributed by atoms with Crippen LogP contribution in [0.1, 0.15) is 24.0 Å². The van der Waals surface area contributed by atoms with Gasteiger partial charge in [-0.3, -0.25) is 14.9 Å². The summed E-state index contributed by atoms with van der Waals surface area (Å²) in [5.74, 6) is -0.135. The molecule has 136 valence electrons. The van der Waals surface area contributed by atoms with Crippen LogP contribution < -0.4 is 5.32 Å². The summed E-state index contributed by atoms with van der Waals surface area (Å²) in [6, 6.07) is 14.0. The highest BCUT2D eigenvalue weighted by Gasteiger charge is 2.11. The molecule has 0 saturated carbocycles. The molecular formula is C20H23N3O3. The van der Waals surface area contributed by atoms with Crippen molar-refractivity contribution in [1.82, 2.24) is 4.90 Å². The van der Waals surface area contributed by atoms with Crippen LogP contribution >= 0.6 is 0 Å². The van der Waals surface area contributed by atoms with Crippen molar-refractivity contribution in [3.63, 3.8) is 0 Å². The van der Waals surface area contributed by atoms with Crippen molar-refractivity contribution in [3.05, 3.63) is 69.8 Å². The second-order valence-electron chi connectivity index (χ2n) is 6.64. The third kappa shape index (κ3) is 5.13. The molecule has 0 bridgehead atoms. The topological polar surface area (TPSA) is 75.5 Å². The molecule has 0 aliphatic carbocycles. The predicted molar refractivity (Wildman–Crippen MR) is 101 cm³/mol. The van der Waals surface area contributed by atoms with Gasteiger partial charge in [-0.2, -0.15) is 0 Å². The van der Waals surface area contributed by atoms with Crippen molar-refractivity contribution in [2.24, 2.45) is 0 Å². The first-order valence-electron chi connectivity index (χ1n) is 8.94. The molecule has 1 heterocycles. The maximum Gasteiger partial charge on any atom is 0.269 e. The molecule has 1 N–H and O–H groups in total. The Morgan fingerprint density at radius 3 is 2.23 bits per heavy atom. The minimum atomic E-state index is -0.449. The Kier molecular flexibility index (Phi) is 5.96. The quantitative estimate of drug-likeness (QED) is 0.611. The van der Waals surface area contributed by atoms with E-state index < -0.39 is 4.92 Å². The molecular weight excluding hydrogens is 330 g/mol. The van der Waals surface area contributed by atoms with Gasteiger partial charge in [-0.1, -0.05) is 24.3 Å². The summed E-state index contributed by atoms with van der Waals surface area (Å²) in [6.07, 6.45) is 3.82. The van der Waals surface area contributed by atoms with Crippen molar-refractivity contribution in [2.45, 2.75) is 25.7 Å². The first-order chi connectivity index (χ1) is 12.6. The Hall–Kier alpha value is -2.73. The number of hydrogen-bond acceptors (Lipinski definition) is 4. The maximum atomic E-state index is 12.1. The molecule has 0 unspecified atom stereocenters. The second kappa shape index (κ2) is 8.58. The maximum absolute atomic E-state index is 12.1. The number of benzene rings is 2. The summed E-state index contributed by atoms with van der Waals surface area (Å²) >= 11 is 0. The van der Waals surface area contributed by atoms with E-state index in [1.807, 2.05) is 12.1 Å². The number of anilines is 1. The van der Waals surface area contributed by atoms with Gasteiger partial charge in [0.2, 0.25) is 5.91 Å². The van der Waals surface area contributed by atoms with Crippen molar-refractivity contribution in [1.29, 1.82) is 0 Å². The molecule has 0 aromatic heterocycles. The smallest absolute Gasteiger partial charge is 0.269 e. The molecule has 1 aliphatic rings. The number of nitrogens with zero attached hydrogens (tertiary/aromatic N) is 2. The van der Waals surface area contributed by atoms with Crippen LogP contribution in [0.25, 0.3) is 0 Å². The van der Waals surface area contributed by atoms with Crippen LogP contribution in [-0.4, -0.2) is 35.4 Å². The molecule has 6 nitrogen and oxygen atoms in total. The van der Waals surface area contributed by atoms with E-state index in [1.54, 1.807) is 12.1 Å². The third-order valence-electron chi connectivity index (χ3n) is 4.66. The molecule has 26 heavy (non-hydrogen) atoms. The molecule has 2 aromatic rings. The van der Waals surface area contributed by atoms with Crippen LogP contribution in [0.4, 0.5) is 11.4 Å². The summed E-state index contributed by atoms with van der Waals surface area (Å²) in [4.78, 5) is 24.8. The van der Waals surface area contributed by atoms with E-state index in [-0.39, 0.29) is 18.0 Å². The average Bonchev–Trinajstić information content (AvgIpc) is 3.15. The molecule has 1 saturated heterocycles. The van der Waals surface area contributed by atoms with Crippen LogP contribution in [0, 0.1) is 10.1 Å². The van der Waals surface area contributed by atoms with Gasteiger partial charge in [0.15, 0.2) is 0 Å². The zero-order valence-corrected chi connectivity index (χ0v) is 14.7. The molecule has 1 aliphatic heterocycles. The fraction of sp³-hybridized carbons (Fsp3) is 0.350. The van der Waals surface area contributed by atoms with Crippen LogP contribution in [0.2, 0.25) is 0 Å². The number of non-ortho nitro benzene ring substituents is 1. The van der Waals surface area contributed by atoms with Gasteiger partial charge in [0, 0.05) is 24.4 Å². The molecule has 0 atom stereocenters. The Morgan fingerprint density at radius 2 is 1.62 bits per heavy atom. The summed E-state index contributed by atoms with van der Waals surface area (Å²) < 4.78 is 0. The van der Waals surface area contributed by atoms with Gasteiger partial charge in [0.05, 0.1) is 11.3 Å². The molecule has 0 spiro atoms. The highest BCUT2D eigenvalue weighted by Crippen LogP contribution is 2.15. The Labute approximate surface area is 153 Å². The van der Waals surface area contributed by atoms with Crippen molar-refractivity contribution >= 4 is 17.3 Å². The lowest BCUT2D eigenvalue weighted by atomic mass is 10.1. The van der Waals surface area contributed by atoms with Crippen LogP contribution in [0.15, 0.2) is 48.5 Å². The highest BCUT2D eigenvalue weighted by molar-refractivity contribution is 5.92. The average molecular weight is 353 g/mol. The Morgan fingerprint density at radius 1 is 1.00 bits per heavy atom. The van der Waals surface area contributed by atoms with E-state index in [9.17, 15) is 14.9 Å². The first kappa shape index (κ1) is 18.1. The summed E-state index contributed by atoms with van der Waals surface area (Å²) in [5.41, 5.74) is 2.81. The number of hydrogen-bond donors (Lipinski definition) is 1. The Bertz CT molecular complexity index is 751. The minimum Gasteiger partial charge on any atom is -0.326 e. The predicted octanol–water partition coefficient (Wildman–Crippen LogP) is 3.41. The van der Waals surface area contributed by atoms with Gasteiger partial charge < -0.3 is 10.2 Å². The van der Waals surface area contributed by atoms with Gasteiger partial charge >= 0.3 is 0 Å². The van der Waals surface area contributed by atoms with Crippen molar-refractivity contribution < 1.29 is 9.72 Å². The van der Waals surface area contributed by atoms with E-state index in [0.29, 0.717) is 0 Å². The van der Waals surface area contributed by atoms with Crippen LogP contribution in [-0.2, 0) is 17.6 Å². The summed E-state index contributed by atoms with van der Waals surface area (Å²) in [5, 5.41) is 13.5. The van der Waals surface area contributed by atoms with Gasteiger partial charge in [0.1, 0.15) is 0 Å². The molecule has 1 fully saturated rings. The van der Waals surface area contributed by atoms with E-state index in [1.165, 1.54) is 43.6 Å². The molecule has 2 aromatic carbocycles. The third-order valence-corrected chi connectivity index (χ3v) is 4.66. The summed E-state index contributed by atoms with van der Waals surface area (Å²) in [6.45, 7) is 3.50. The van der Waals surface area contributed by atoms with Crippen LogP contribution in [0.5, 0.6) is 0 Å². The van der Waals surface area contributed by atoms with Gasteiger partial charge in [-0.25, -0.2) is 0 Å². The number of likely N-dealkylation sites (tertiary alicyclic amines) is 1. The second-order valence-corrected chi connectivity index (χ2v) is 6.64. The number of carbonyl (C=O) groups is 1. The van der Waals surface area contributed by atoms with Gasteiger partial charge in [-0.15, -0.1) is 0 Å². The lowest BCUT2D eigenvalue weighted by Crippen LogP contribution is -2.21. The Balaban J connectivity index is 1.48. The SMILES string of the molecule is O=C(Cc1ccc([N+](=O)[O-])cc1)Nc1ccc(CCN2CCCC2)cc1. The highest BCUT2D eigenvalue weighted by atomic mass is 16.6. The standard InChI is InChI=1S/C20H23N3O3/c24-20(15-17-5-9-19(10-6-17)23(25)26)21-18-7-3-16(4-8-18)11-14-22-12-1-2-13-22/h3-10H,1-2,11-15H2,(H,21,24). The fourth-order valence-corrected chi connectivity index (χ4v) is 3.17. The van der Waals surface area contributed by atoms with Gasteiger partial charge in [-0.05, 0) is 55.6 Å². The number of amides is 1. The van der Waals surface area contributed by atoms with Gasteiger partial charge in [0.25, 0.3) is 5.69 Å². The number of carbonyl (C=O) groups excluding carboxylic acids is 1. The number of nitrogens with one attached hydrogen (secondary N) is 1. The molecule has 6 heteroatoms. The van der Waals surface area contributed by atoms with Crippen LogP contribution in [0.3, 0.4) is 0 Å². The lowest BCUT2D eigenvalue weighted by Gasteiger charge is -2.14. The van der Waals surface area contributed by atoms with Crippen molar-refractivity contribution in [3.8, 4) is 0 Å².